The van der Waals surface area contributed by atoms with Crippen molar-refractivity contribution in [3.8, 4) is 0 Å². The van der Waals surface area contributed by atoms with Gasteiger partial charge in [0.25, 0.3) is 0 Å². The van der Waals surface area contributed by atoms with Gasteiger partial charge >= 0.3 is 12.1 Å². The summed E-state index contributed by atoms with van der Waals surface area (Å²) in [5.74, 6) is -1.23. The van der Waals surface area contributed by atoms with E-state index in [1.54, 1.807) is 41.5 Å². The zero-order valence-electron chi connectivity index (χ0n) is 14.7. The number of alkyl carbamates (subject to hydrolysis) is 1. The van der Waals surface area contributed by atoms with Gasteiger partial charge in [0, 0.05) is 6.54 Å². The van der Waals surface area contributed by atoms with E-state index in [4.69, 9.17) is 14.6 Å². The van der Waals surface area contributed by atoms with Gasteiger partial charge in [-0.1, -0.05) is 0 Å². The summed E-state index contributed by atoms with van der Waals surface area (Å²) in [6.45, 7) is 9.91. The average Bonchev–Trinajstić information content (AvgIpc) is 2.30. The number of hydrogen-bond donors (Lipinski definition) is 3. The maximum absolute atomic E-state index is 12.0. The normalized spacial score (nSPS) is 13.0. The smallest absolute Gasteiger partial charge is 0.408 e. The summed E-state index contributed by atoms with van der Waals surface area (Å²) < 4.78 is 10.2. The van der Waals surface area contributed by atoms with Gasteiger partial charge in [-0.2, -0.15) is 0 Å². The predicted molar refractivity (Wildman–Crippen MR) is 83.7 cm³/mol. The zero-order valence-corrected chi connectivity index (χ0v) is 14.7. The second kappa shape index (κ2) is 8.71. The van der Waals surface area contributed by atoms with Crippen LogP contribution in [0, 0.1) is 0 Å². The lowest BCUT2D eigenvalue weighted by molar-refractivity contribution is -0.156. The standard InChI is InChI=1S/C15H28N2O6/c1-14(2,3)22-11(19)9-10(12(20)16-7-8-18)17-13(21)23-15(4,5)6/h10,18H,7-9H2,1-6H3,(H,16,20)(H,17,21). The number of amides is 2. The molecule has 23 heavy (non-hydrogen) atoms. The molecule has 0 radical (unpaired) electrons. The Morgan fingerprint density at radius 2 is 1.52 bits per heavy atom. The van der Waals surface area contributed by atoms with Gasteiger partial charge in [0.1, 0.15) is 17.2 Å². The van der Waals surface area contributed by atoms with Gasteiger partial charge in [-0.3, -0.25) is 9.59 Å². The molecule has 0 aliphatic carbocycles. The zero-order chi connectivity index (χ0) is 18.3. The molecule has 0 saturated heterocycles. The molecule has 0 aromatic carbocycles. The van der Waals surface area contributed by atoms with Crippen LogP contribution in [-0.2, 0) is 19.1 Å². The first-order valence-corrected chi connectivity index (χ1v) is 7.44. The molecule has 0 aromatic rings. The van der Waals surface area contributed by atoms with Crippen LogP contribution in [0.1, 0.15) is 48.0 Å². The van der Waals surface area contributed by atoms with Crippen molar-refractivity contribution in [1.29, 1.82) is 0 Å². The fraction of sp³-hybridized carbons (Fsp3) is 0.800. The maximum Gasteiger partial charge on any atom is 0.408 e. The lowest BCUT2D eigenvalue weighted by Crippen LogP contribution is -2.50. The minimum absolute atomic E-state index is 0.0135. The fourth-order valence-corrected chi connectivity index (χ4v) is 1.51. The third-order valence-electron chi connectivity index (χ3n) is 2.21. The van der Waals surface area contributed by atoms with E-state index in [-0.39, 0.29) is 19.6 Å². The maximum atomic E-state index is 12.0. The van der Waals surface area contributed by atoms with E-state index in [1.807, 2.05) is 0 Å². The van der Waals surface area contributed by atoms with Gasteiger partial charge in [0.05, 0.1) is 13.0 Å². The lowest BCUT2D eigenvalue weighted by atomic mass is 10.1. The number of ether oxygens (including phenoxy) is 2. The fourth-order valence-electron chi connectivity index (χ4n) is 1.51. The Morgan fingerprint density at radius 1 is 1.00 bits per heavy atom. The van der Waals surface area contributed by atoms with Gasteiger partial charge in [0.15, 0.2) is 0 Å². The van der Waals surface area contributed by atoms with Crippen molar-refractivity contribution in [2.24, 2.45) is 0 Å². The summed E-state index contributed by atoms with van der Waals surface area (Å²) in [4.78, 5) is 35.7. The molecule has 0 bridgehead atoms. The van der Waals surface area contributed by atoms with Crippen molar-refractivity contribution in [3.05, 3.63) is 0 Å². The van der Waals surface area contributed by atoms with Gasteiger partial charge in [-0.05, 0) is 41.5 Å². The number of carbonyl (C=O) groups is 3. The van der Waals surface area contributed by atoms with Crippen LogP contribution >= 0.6 is 0 Å². The summed E-state index contributed by atoms with van der Waals surface area (Å²) in [6, 6.07) is -1.15. The van der Waals surface area contributed by atoms with Crippen molar-refractivity contribution in [1.82, 2.24) is 10.6 Å². The molecule has 134 valence electrons. The van der Waals surface area contributed by atoms with Gasteiger partial charge in [0.2, 0.25) is 5.91 Å². The molecular formula is C15H28N2O6. The Balaban J connectivity index is 4.84. The van der Waals surface area contributed by atoms with Crippen molar-refractivity contribution in [2.75, 3.05) is 13.2 Å². The molecule has 1 unspecified atom stereocenters. The third kappa shape index (κ3) is 11.4. The molecule has 0 rings (SSSR count). The molecular weight excluding hydrogens is 304 g/mol. The highest BCUT2D eigenvalue weighted by molar-refractivity contribution is 5.89. The van der Waals surface area contributed by atoms with E-state index < -0.39 is 35.2 Å². The Morgan fingerprint density at radius 3 is 1.96 bits per heavy atom. The summed E-state index contributed by atoms with van der Waals surface area (Å²) in [5.41, 5.74) is -1.43. The molecule has 1 atom stereocenters. The summed E-state index contributed by atoms with van der Waals surface area (Å²) in [6.07, 6.45) is -1.15. The van der Waals surface area contributed by atoms with Crippen LogP contribution in [-0.4, -0.2) is 53.5 Å². The minimum Gasteiger partial charge on any atom is -0.460 e. The number of aliphatic hydroxyl groups excluding tert-OH is 1. The number of esters is 1. The second-order valence-corrected chi connectivity index (χ2v) is 7.00. The highest BCUT2D eigenvalue weighted by Crippen LogP contribution is 2.11. The van der Waals surface area contributed by atoms with Crippen molar-refractivity contribution in [2.45, 2.75) is 65.2 Å². The largest absolute Gasteiger partial charge is 0.460 e. The van der Waals surface area contributed by atoms with Crippen LogP contribution in [0.25, 0.3) is 0 Å². The predicted octanol–water partition coefficient (Wildman–Crippen LogP) is 0.720. The molecule has 0 aliphatic heterocycles. The van der Waals surface area contributed by atoms with Crippen LogP contribution in [0.4, 0.5) is 4.79 Å². The molecule has 0 fully saturated rings. The molecule has 0 aromatic heterocycles. The van der Waals surface area contributed by atoms with Crippen LogP contribution in [0.3, 0.4) is 0 Å². The first kappa shape index (κ1) is 21.2. The van der Waals surface area contributed by atoms with Gasteiger partial charge < -0.3 is 25.2 Å². The molecule has 0 spiro atoms. The van der Waals surface area contributed by atoms with E-state index >= 15 is 0 Å². The quantitative estimate of drug-likeness (QED) is 0.618. The number of rotatable bonds is 6. The number of hydrogen-bond acceptors (Lipinski definition) is 6. The highest BCUT2D eigenvalue weighted by atomic mass is 16.6. The van der Waals surface area contributed by atoms with Crippen molar-refractivity contribution >= 4 is 18.0 Å². The van der Waals surface area contributed by atoms with Crippen LogP contribution < -0.4 is 10.6 Å². The second-order valence-electron chi connectivity index (χ2n) is 7.00. The minimum atomic E-state index is -1.15. The first-order chi connectivity index (χ1) is 10.3. The highest BCUT2D eigenvalue weighted by Gasteiger charge is 2.28. The number of aliphatic hydroxyl groups is 1. The van der Waals surface area contributed by atoms with E-state index in [9.17, 15) is 14.4 Å². The van der Waals surface area contributed by atoms with Crippen LogP contribution in [0.15, 0.2) is 0 Å². The average molecular weight is 332 g/mol. The van der Waals surface area contributed by atoms with E-state index in [1.165, 1.54) is 0 Å². The van der Waals surface area contributed by atoms with Crippen molar-refractivity contribution in [3.63, 3.8) is 0 Å². The Kier molecular flexibility index (Phi) is 8.02. The summed E-state index contributed by atoms with van der Waals surface area (Å²) >= 11 is 0. The molecule has 0 heterocycles. The molecule has 0 saturated carbocycles. The van der Waals surface area contributed by atoms with Crippen LogP contribution in [0.5, 0.6) is 0 Å². The van der Waals surface area contributed by atoms with E-state index in [2.05, 4.69) is 10.6 Å². The number of nitrogens with one attached hydrogen (secondary N) is 2. The Labute approximate surface area is 136 Å². The van der Waals surface area contributed by atoms with Crippen molar-refractivity contribution < 1.29 is 29.0 Å². The molecule has 3 N–H and O–H groups in total. The van der Waals surface area contributed by atoms with Gasteiger partial charge in [-0.25, -0.2) is 4.79 Å². The SMILES string of the molecule is CC(C)(C)OC(=O)CC(NC(=O)OC(C)(C)C)C(=O)NCCO. The monoisotopic (exact) mass is 332 g/mol. The topological polar surface area (TPSA) is 114 Å². The van der Waals surface area contributed by atoms with Crippen LogP contribution in [0.2, 0.25) is 0 Å². The molecule has 8 nitrogen and oxygen atoms in total. The summed E-state index contributed by atoms with van der Waals surface area (Å²) in [5, 5.41) is 13.5. The summed E-state index contributed by atoms with van der Waals surface area (Å²) in [7, 11) is 0. The Hall–Kier alpha value is -1.83. The Bertz CT molecular complexity index is 393. The molecule has 2 amide bonds. The first-order valence-electron chi connectivity index (χ1n) is 7.44. The third-order valence-corrected chi connectivity index (χ3v) is 2.21. The lowest BCUT2D eigenvalue weighted by Gasteiger charge is -2.24. The van der Waals surface area contributed by atoms with E-state index in [0.717, 1.165) is 0 Å². The van der Waals surface area contributed by atoms with Gasteiger partial charge in [-0.15, -0.1) is 0 Å². The van der Waals surface area contributed by atoms with E-state index in [0.29, 0.717) is 0 Å². The number of carbonyl (C=O) groups excluding carboxylic acids is 3. The molecule has 8 heteroatoms. The molecule has 0 aliphatic rings.